The third-order valence-corrected chi connectivity index (χ3v) is 2.21. The van der Waals surface area contributed by atoms with Crippen LogP contribution in [0.1, 0.15) is 16.1 Å². The Morgan fingerprint density at radius 1 is 1.27 bits per heavy atom. The zero-order valence-electron chi connectivity index (χ0n) is 8.06. The van der Waals surface area contributed by atoms with E-state index in [2.05, 4.69) is 4.98 Å². The van der Waals surface area contributed by atoms with Crippen molar-refractivity contribution in [3.63, 3.8) is 0 Å². The number of rotatable bonds is 1. The van der Waals surface area contributed by atoms with Gasteiger partial charge in [0.1, 0.15) is 11.3 Å². The minimum Gasteiger partial charge on any atom is -0.506 e. The van der Waals surface area contributed by atoms with Gasteiger partial charge < -0.3 is 10.2 Å². The number of aromatic hydroxyl groups is 1. The maximum absolute atomic E-state index is 10.9. The van der Waals surface area contributed by atoms with E-state index in [-0.39, 0.29) is 11.3 Å². The molecule has 0 saturated carbocycles. The van der Waals surface area contributed by atoms with E-state index in [1.165, 1.54) is 12.1 Å². The highest BCUT2D eigenvalue weighted by Crippen LogP contribution is 2.26. The summed E-state index contributed by atoms with van der Waals surface area (Å²) in [4.78, 5) is 15.0. The number of aryl methyl sites for hydroxylation is 1. The molecule has 0 fully saturated rings. The average Bonchev–Trinajstić information content (AvgIpc) is 2.19. The van der Waals surface area contributed by atoms with E-state index < -0.39 is 5.97 Å². The third kappa shape index (κ3) is 1.50. The lowest BCUT2D eigenvalue weighted by Crippen LogP contribution is -1.98. The number of benzene rings is 1. The highest BCUT2D eigenvalue weighted by Gasteiger charge is 2.11. The predicted molar refractivity (Wildman–Crippen MR) is 55.1 cm³/mol. The van der Waals surface area contributed by atoms with Crippen LogP contribution in [0.3, 0.4) is 0 Å². The molecule has 1 heterocycles. The van der Waals surface area contributed by atoms with Gasteiger partial charge in [0.15, 0.2) is 0 Å². The molecule has 4 nitrogen and oxygen atoms in total. The van der Waals surface area contributed by atoms with E-state index in [9.17, 15) is 9.90 Å². The van der Waals surface area contributed by atoms with Crippen molar-refractivity contribution in [1.29, 1.82) is 0 Å². The Morgan fingerprint density at radius 2 is 2.00 bits per heavy atom. The molecule has 0 atom stereocenters. The molecule has 15 heavy (non-hydrogen) atoms. The molecule has 2 rings (SSSR count). The van der Waals surface area contributed by atoms with Gasteiger partial charge >= 0.3 is 5.97 Å². The van der Waals surface area contributed by atoms with Gasteiger partial charge in [0.25, 0.3) is 0 Å². The Morgan fingerprint density at radius 3 is 2.67 bits per heavy atom. The van der Waals surface area contributed by atoms with Crippen LogP contribution < -0.4 is 0 Å². The number of hydrogen-bond acceptors (Lipinski definition) is 3. The highest BCUT2D eigenvalue weighted by molar-refractivity contribution is 6.04. The molecule has 76 valence electrons. The Kier molecular flexibility index (Phi) is 2.04. The first-order valence-electron chi connectivity index (χ1n) is 4.42. The lowest BCUT2D eigenvalue weighted by molar-refractivity contribution is 0.0699. The number of aromatic nitrogens is 1. The fourth-order valence-corrected chi connectivity index (χ4v) is 1.49. The number of phenolic OH excluding ortho intramolecular Hbond substituents is 1. The van der Waals surface area contributed by atoms with Crippen molar-refractivity contribution in [1.82, 2.24) is 4.98 Å². The van der Waals surface area contributed by atoms with Gasteiger partial charge in [0.2, 0.25) is 0 Å². The number of aromatic carboxylic acids is 1. The number of hydrogen-bond donors (Lipinski definition) is 2. The molecule has 0 unspecified atom stereocenters. The van der Waals surface area contributed by atoms with Crippen LogP contribution in [0.5, 0.6) is 5.75 Å². The second-order valence-corrected chi connectivity index (χ2v) is 3.29. The Hall–Kier alpha value is -2.10. The normalized spacial score (nSPS) is 10.5. The summed E-state index contributed by atoms with van der Waals surface area (Å²) in [6, 6.07) is 6.09. The molecule has 2 aromatic rings. The molecular weight excluding hydrogens is 194 g/mol. The Balaban J connectivity index is 2.88. The van der Waals surface area contributed by atoms with E-state index >= 15 is 0 Å². The zero-order chi connectivity index (χ0) is 11.0. The summed E-state index contributed by atoms with van der Waals surface area (Å²) in [5.41, 5.74) is 1.21. The van der Waals surface area contributed by atoms with Gasteiger partial charge in [0, 0.05) is 11.1 Å². The van der Waals surface area contributed by atoms with Crippen molar-refractivity contribution in [2.24, 2.45) is 0 Å². The number of pyridine rings is 1. The van der Waals surface area contributed by atoms with E-state index in [0.29, 0.717) is 10.9 Å². The third-order valence-electron chi connectivity index (χ3n) is 2.21. The lowest BCUT2D eigenvalue weighted by Gasteiger charge is -2.04. The molecule has 0 radical (unpaired) electrons. The van der Waals surface area contributed by atoms with Crippen molar-refractivity contribution in [2.75, 3.05) is 0 Å². The summed E-state index contributed by atoms with van der Waals surface area (Å²) >= 11 is 0. The second-order valence-electron chi connectivity index (χ2n) is 3.29. The summed E-state index contributed by atoms with van der Waals surface area (Å²) in [7, 11) is 0. The number of carboxylic acids is 1. The van der Waals surface area contributed by atoms with Gasteiger partial charge in [-0.2, -0.15) is 0 Å². The number of fused-ring (bicyclic) bond motifs is 1. The van der Waals surface area contributed by atoms with E-state index in [0.717, 1.165) is 5.69 Å². The van der Waals surface area contributed by atoms with Crippen molar-refractivity contribution >= 4 is 16.9 Å². The summed E-state index contributed by atoms with van der Waals surface area (Å²) < 4.78 is 0. The van der Waals surface area contributed by atoms with Crippen LogP contribution in [0.2, 0.25) is 0 Å². The molecule has 0 spiro atoms. The Bertz CT molecular complexity index is 549. The molecule has 1 aromatic carbocycles. The first-order valence-corrected chi connectivity index (χ1v) is 4.42. The van der Waals surface area contributed by atoms with E-state index in [4.69, 9.17) is 5.11 Å². The molecule has 0 aliphatic carbocycles. The second kappa shape index (κ2) is 3.24. The quantitative estimate of drug-likeness (QED) is 0.743. The summed E-state index contributed by atoms with van der Waals surface area (Å²) in [6.07, 6.45) is 0. The molecule has 0 aliphatic rings. The molecule has 1 aromatic heterocycles. The first-order chi connectivity index (χ1) is 7.09. The van der Waals surface area contributed by atoms with E-state index in [1.54, 1.807) is 19.1 Å². The van der Waals surface area contributed by atoms with Crippen LogP contribution in [-0.4, -0.2) is 21.2 Å². The SMILES string of the molecule is Cc1ccc2c(C(=O)O)ccc(O)c2n1. The molecule has 0 aliphatic heterocycles. The van der Waals surface area contributed by atoms with Crippen molar-refractivity contribution in [3.8, 4) is 5.75 Å². The van der Waals surface area contributed by atoms with Crippen LogP contribution >= 0.6 is 0 Å². The minimum absolute atomic E-state index is 0.00120. The molecule has 4 heteroatoms. The van der Waals surface area contributed by atoms with Crippen LogP contribution in [0.4, 0.5) is 0 Å². The first kappa shape index (κ1) is 9.45. The average molecular weight is 203 g/mol. The zero-order valence-corrected chi connectivity index (χ0v) is 8.06. The van der Waals surface area contributed by atoms with Crippen molar-refractivity contribution in [3.05, 3.63) is 35.5 Å². The lowest BCUT2D eigenvalue weighted by atomic mass is 10.1. The van der Waals surface area contributed by atoms with Crippen molar-refractivity contribution < 1.29 is 15.0 Å². The fraction of sp³-hybridized carbons (Fsp3) is 0.0909. The monoisotopic (exact) mass is 203 g/mol. The maximum Gasteiger partial charge on any atom is 0.336 e. The van der Waals surface area contributed by atoms with Crippen molar-refractivity contribution in [2.45, 2.75) is 6.92 Å². The standard InChI is InChI=1S/C11H9NO3/c1-6-2-3-7-8(11(14)15)4-5-9(13)10(7)12-6/h2-5,13H,1H3,(H,14,15). The minimum atomic E-state index is -1.02. The molecule has 0 saturated heterocycles. The van der Waals surface area contributed by atoms with Crippen LogP contribution in [0.25, 0.3) is 10.9 Å². The maximum atomic E-state index is 10.9. The fourth-order valence-electron chi connectivity index (χ4n) is 1.49. The summed E-state index contributed by atoms with van der Waals surface area (Å²) in [6.45, 7) is 1.78. The van der Waals surface area contributed by atoms with Gasteiger partial charge in [-0.3, -0.25) is 0 Å². The van der Waals surface area contributed by atoms with Gasteiger partial charge in [0.05, 0.1) is 5.56 Å². The summed E-state index contributed by atoms with van der Waals surface area (Å²) in [5, 5.41) is 18.9. The van der Waals surface area contributed by atoms with Gasteiger partial charge in [-0.25, -0.2) is 9.78 Å². The molecular formula is C11H9NO3. The van der Waals surface area contributed by atoms with Gasteiger partial charge in [-0.05, 0) is 31.2 Å². The van der Waals surface area contributed by atoms with Crippen LogP contribution in [-0.2, 0) is 0 Å². The largest absolute Gasteiger partial charge is 0.506 e. The number of carbonyl (C=O) groups is 1. The smallest absolute Gasteiger partial charge is 0.336 e. The molecule has 0 bridgehead atoms. The van der Waals surface area contributed by atoms with E-state index in [1.807, 2.05) is 0 Å². The molecule has 2 N–H and O–H groups in total. The molecule has 0 amide bonds. The topological polar surface area (TPSA) is 70.4 Å². The van der Waals surface area contributed by atoms with Gasteiger partial charge in [-0.1, -0.05) is 0 Å². The summed E-state index contributed by atoms with van der Waals surface area (Å²) in [5.74, 6) is -1.02. The Labute approximate surface area is 85.8 Å². The van der Waals surface area contributed by atoms with Gasteiger partial charge in [-0.15, -0.1) is 0 Å². The predicted octanol–water partition coefficient (Wildman–Crippen LogP) is 1.95. The number of carboxylic acid groups (broad SMARTS) is 1. The van der Waals surface area contributed by atoms with Crippen LogP contribution in [0, 0.1) is 6.92 Å². The number of nitrogens with zero attached hydrogens (tertiary/aromatic N) is 1. The van der Waals surface area contributed by atoms with Crippen LogP contribution in [0.15, 0.2) is 24.3 Å². The number of phenols is 1. The highest BCUT2D eigenvalue weighted by atomic mass is 16.4.